The number of rotatable bonds is 3. The lowest BCUT2D eigenvalue weighted by Crippen LogP contribution is -2.10. The van der Waals surface area contributed by atoms with Gasteiger partial charge in [-0.25, -0.2) is 4.98 Å². The zero-order valence-electron chi connectivity index (χ0n) is 9.98. The normalized spacial score (nSPS) is 10.3. The second-order valence-electron chi connectivity index (χ2n) is 4.11. The zero-order valence-corrected chi connectivity index (χ0v) is 11.6. The predicted molar refractivity (Wildman–Crippen MR) is 75.6 cm³/mol. The molecule has 0 radical (unpaired) electrons. The lowest BCUT2D eigenvalue weighted by molar-refractivity contribution is 0.0993. The summed E-state index contributed by atoms with van der Waals surface area (Å²) >= 11 is 3.36. The van der Waals surface area contributed by atoms with Crippen molar-refractivity contribution in [3.63, 3.8) is 0 Å². The standard InChI is InChI=1S/C14H13BrN2O/c1-9-6-7-17-14(16)13(9)12(18)8-10-2-4-11(15)5-3-10/h2-7H,8H2,1H3,(H2,16,17). The van der Waals surface area contributed by atoms with Gasteiger partial charge in [-0.3, -0.25) is 4.79 Å². The Balaban J connectivity index is 2.25. The number of anilines is 1. The summed E-state index contributed by atoms with van der Waals surface area (Å²) < 4.78 is 0.996. The number of halogens is 1. The maximum atomic E-state index is 12.2. The summed E-state index contributed by atoms with van der Waals surface area (Å²) in [6, 6.07) is 9.48. The Morgan fingerprint density at radius 3 is 2.56 bits per heavy atom. The van der Waals surface area contributed by atoms with E-state index in [1.54, 1.807) is 12.3 Å². The number of hydrogen-bond acceptors (Lipinski definition) is 3. The van der Waals surface area contributed by atoms with Gasteiger partial charge in [0, 0.05) is 17.1 Å². The molecule has 0 fully saturated rings. The van der Waals surface area contributed by atoms with Crippen LogP contribution >= 0.6 is 15.9 Å². The van der Waals surface area contributed by atoms with Crippen LogP contribution in [0, 0.1) is 6.92 Å². The van der Waals surface area contributed by atoms with Crippen LogP contribution in [0.2, 0.25) is 0 Å². The number of aryl methyl sites for hydroxylation is 1. The maximum Gasteiger partial charge on any atom is 0.171 e. The van der Waals surface area contributed by atoms with Crippen molar-refractivity contribution in [2.45, 2.75) is 13.3 Å². The Morgan fingerprint density at radius 2 is 1.94 bits per heavy atom. The lowest BCUT2D eigenvalue weighted by Gasteiger charge is -2.07. The summed E-state index contributed by atoms with van der Waals surface area (Å²) in [6.07, 6.45) is 1.95. The van der Waals surface area contributed by atoms with Crippen molar-refractivity contribution in [1.29, 1.82) is 0 Å². The number of benzene rings is 1. The van der Waals surface area contributed by atoms with E-state index in [1.165, 1.54) is 0 Å². The van der Waals surface area contributed by atoms with E-state index < -0.39 is 0 Å². The van der Waals surface area contributed by atoms with Gasteiger partial charge in [0.05, 0.1) is 5.56 Å². The molecular weight excluding hydrogens is 292 g/mol. The fourth-order valence-corrected chi connectivity index (χ4v) is 2.08. The van der Waals surface area contributed by atoms with Crippen LogP contribution in [0.4, 0.5) is 5.82 Å². The van der Waals surface area contributed by atoms with E-state index in [0.29, 0.717) is 17.8 Å². The monoisotopic (exact) mass is 304 g/mol. The van der Waals surface area contributed by atoms with Gasteiger partial charge in [0.25, 0.3) is 0 Å². The van der Waals surface area contributed by atoms with E-state index in [4.69, 9.17) is 5.73 Å². The number of carbonyl (C=O) groups excluding carboxylic acids is 1. The third-order valence-electron chi connectivity index (χ3n) is 2.75. The number of ketones is 1. The van der Waals surface area contributed by atoms with Crippen molar-refractivity contribution < 1.29 is 4.79 Å². The predicted octanol–water partition coefficient (Wildman–Crippen LogP) is 3.16. The van der Waals surface area contributed by atoms with Crippen molar-refractivity contribution in [3.05, 3.63) is 57.7 Å². The number of aromatic nitrogens is 1. The van der Waals surface area contributed by atoms with Crippen LogP contribution in [0.15, 0.2) is 41.0 Å². The maximum absolute atomic E-state index is 12.2. The molecule has 1 aromatic carbocycles. The second kappa shape index (κ2) is 5.31. The number of nitrogens with two attached hydrogens (primary N) is 1. The minimum atomic E-state index is 0.000391. The van der Waals surface area contributed by atoms with Crippen molar-refractivity contribution in [2.24, 2.45) is 0 Å². The average molecular weight is 305 g/mol. The van der Waals surface area contributed by atoms with E-state index in [2.05, 4.69) is 20.9 Å². The Hall–Kier alpha value is -1.68. The van der Waals surface area contributed by atoms with E-state index in [-0.39, 0.29) is 5.78 Å². The molecule has 18 heavy (non-hydrogen) atoms. The van der Waals surface area contributed by atoms with Crippen LogP contribution in [-0.4, -0.2) is 10.8 Å². The van der Waals surface area contributed by atoms with Crippen molar-refractivity contribution in [2.75, 3.05) is 5.73 Å². The molecule has 0 aliphatic rings. The van der Waals surface area contributed by atoms with Crippen LogP contribution in [0.25, 0.3) is 0 Å². The third-order valence-corrected chi connectivity index (χ3v) is 3.27. The van der Waals surface area contributed by atoms with E-state index in [1.807, 2.05) is 31.2 Å². The molecule has 0 aliphatic carbocycles. The third kappa shape index (κ3) is 2.76. The molecule has 4 heteroatoms. The summed E-state index contributed by atoms with van der Waals surface area (Å²) in [5.74, 6) is 0.303. The Morgan fingerprint density at radius 1 is 1.28 bits per heavy atom. The highest BCUT2D eigenvalue weighted by Gasteiger charge is 2.14. The highest BCUT2D eigenvalue weighted by molar-refractivity contribution is 9.10. The molecule has 0 saturated heterocycles. The van der Waals surface area contributed by atoms with Crippen molar-refractivity contribution in [3.8, 4) is 0 Å². The number of carbonyl (C=O) groups is 1. The molecule has 1 heterocycles. The van der Waals surface area contributed by atoms with Crippen LogP contribution in [-0.2, 0) is 6.42 Å². The first-order valence-electron chi connectivity index (χ1n) is 5.56. The van der Waals surface area contributed by atoms with Gasteiger partial charge < -0.3 is 5.73 Å². The molecule has 0 spiro atoms. The Bertz CT molecular complexity index is 559. The van der Waals surface area contributed by atoms with E-state index in [0.717, 1.165) is 15.6 Å². The number of nitrogen functional groups attached to an aromatic ring is 1. The average Bonchev–Trinajstić information content (AvgIpc) is 2.32. The topological polar surface area (TPSA) is 56.0 Å². The quantitative estimate of drug-likeness (QED) is 0.886. The molecule has 2 aromatic rings. The summed E-state index contributed by atoms with van der Waals surface area (Å²) in [7, 11) is 0. The zero-order chi connectivity index (χ0) is 13.1. The van der Waals surface area contributed by atoms with Crippen molar-refractivity contribution >= 4 is 27.5 Å². The molecule has 0 atom stereocenters. The van der Waals surface area contributed by atoms with Gasteiger partial charge >= 0.3 is 0 Å². The second-order valence-corrected chi connectivity index (χ2v) is 5.03. The Kier molecular flexibility index (Phi) is 3.77. The molecule has 2 N–H and O–H groups in total. The van der Waals surface area contributed by atoms with Crippen LogP contribution in [0.5, 0.6) is 0 Å². The minimum Gasteiger partial charge on any atom is -0.383 e. The van der Waals surface area contributed by atoms with Crippen molar-refractivity contribution in [1.82, 2.24) is 4.98 Å². The molecule has 0 unspecified atom stereocenters. The molecule has 2 rings (SSSR count). The van der Waals surface area contributed by atoms with Gasteiger partial charge in [0.2, 0.25) is 0 Å². The largest absolute Gasteiger partial charge is 0.383 e. The summed E-state index contributed by atoms with van der Waals surface area (Å²) in [4.78, 5) is 16.2. The smallest absolute Gasteiger partial charge is 0.171 e. The molecular formula is C14H13BrN2O. The Labute approximate surface area is 114 Å². The van der Waals surface area contributed by atoms with E-state index >= 15 is 0 Å². The summed E-state index contributed by atoms with van der Waals surface area (Å²) in [5, 5.41) is 0. The molecule has 0 saturated carbocycles. The van der Waals surface area contributed by atoms with Crippen LogP contribution < -0.4 is 5.73 Å². The van der Waals surface area contributed by atoms with Crippen LogP contribution in [0.1, 0.15) is 21.5 Å². The highest BCUT2D eigenvalue weighted by atomic mass is 79.9. The van der Waals surface area contributed by atoms with Gasteiger partial charge in [-0.2, -0.15) is 0 Å². The lowest BCUT2D eigenvalue weighted by atomic mass is 10.0. The molecule has 0 bridgehead atoms. The SMILES string of the molecule is Cc1ccnc(N)c1C(=O)Cc1ccc(Br)cc1. The first-order valence-corrected chi connectivity index (χ1v) is 6.36. The minimum absolute atomic E-state index is 0.000391. The fourth-order valence-electron chi connectivity index (χ4n) is 1.82. The van der Waals surface area contributed by atoms with Crippen LogP contribution in [0.3, 0.4) is 0 Å². The number of nitrogens with zero attached hydrogens (tertiary/aromatic N) is 1. The number of Topliss-reactive ketones (excluding diaryl/α,β-unsaturated/α-hetero) is 1. The molecule has 1 aromatic heterocycles. The molecule has 3 nitrogen and oxygen atoms in total. The van der Waals surface area contributed by atoms with Gasteiger partial charge in [0.15, 0.2) is 5.78 Å². The molecule has 92 valence electrons. The molecule has 0 amide bonds. The number of hydrogen-bond donors (Lipinski definition) is 1. The summed E-state index contributed by atoms with van der Waals surface area (Å²) in [6.45, 7) is 1.87. The molecule has 0 aliphatic heterocycles. The van der Waals surface area contributed by atoms with E-state index in [9.17, 15) is 4.79 Å². The fraction of sp³-hybridized carbons (Fsp3) is 0.143. The first kappa shape index (κ1) is 12.8. The van der Waals surface area contributed by atoms with Gasteiger partial charge in [-0.05, 0) is 36.2 Å². The van der Waals surface area contributed by atoms with Gasteiger partial charge in [-0.15, -0.1) is 0 Å². The summed E-state index contributed by atoms with van der Waals surface area (Å²) in [5.41, 5.74) is 8.12. The first-order chi connectivity index (χ1) is 8.58. The van der Waals surface area contributed by atoms with Gasteiger partial charge in [-0.1, -0.05) is 28.1 Å². The highest BCUT2D eigenvalue weighted by Crippen LogP contribution is 2.17. The van der Waals surface area contributed by atoms with Gasteiger partial charge in [0.1, 0.15) is 5.82 Å². The number of pyridine rings is 1.